The summed E-state index contributed by atoms with van der Waals surface area (Å²) in [6, 6.07) is 14.4. The van der Waals surface area contributed by atoms with Crippen LogP contribution in [0.4, 0.5) is 5.69 Å². The summed E-state index contributed by atoms with van der Waals surface area (Å²) in [5.74, 6) is 0.906. The average Bonchev–Trinajstić information content (AvgIpc) is 3.34. The van der Waals surface area contributed by atoms with Gasteiger partial charge in [-0.15, -0.1) is 0 Å². The summed E-state index contributed by atoms with van der Waals surface area (Å²) in [6.07, 6.45) is 16.3. The Morgan fingerprint density at radius 3 is 2.14 bits per heavy atom. The zero-order valence-corrected chi connectivity index (χ0v) is 27.8. The third kappa shape index (κ3) is 12.3. The molecule has 0 spiro atoms. The predicted octanol–water partition coefficient (Wildman–Crippen LogP) is 9.95. The lowest BCUT2D eigenvalue weighted by atomic mass is 9.85. The monoisotopic (exact) mass is 591 g/mol. The van der Waals surface area contributed by atoms with E-state index in [0.29, 0.717) is 6.42 Å². The van der Waals surface area contributed by atoms with Gasteiger partial charge in [0.05, 0.1) is 18.4 Å². The summed E-state index contributed by atoms with van der Waals surface area (Å²) in [5, 5.41) is 5.24. The summed E-state index contributed by atoms with van der Waals surface area (Å²) in [5.41, 5.74) is 7.52. The molecule has 0 bridgehead atoms. The van der Waals surface area contributed by atoms with Crippen LogP contribution >= 0.6 is 11.3 Å². The first-order valence-electron chi connectivity index (χ1n) is 16.3. The molecule has 3 aromatic rings. The van der Waals surface area contributed by atoms with E-state index in [-0.39, 0.29) is 11.3 Å². The van der Waals surface area contributed by atoms with E-state index in [1.54, 1.807) is 11.3 Å². The van der Waals surface area contributed by atoms with Crippen LogP contribution in [0.2, 0.25) is 0 Å². The van der Waals surface area contributed by atoms with Gasteiger partial charge >= 0.3 is 0 Å². The zero-order valence-electron chi connectivity index (χ0n) is 27.0. The summed E-state index contributed by atoms with van der Waals surface area (Å²) in [6.45, 7) is 12.6. The van der Waals surface area contributed by atoms with Gasteiger partial charge in [0.1, 0.15) is 5.75 Å². The predicted molar refractivity (Wildman–Crippen MR) is 179 cm³/mol. The Balaban J connectivity index is 1.44. The maximum atomic E-state index is 13.0. The molecular weight excluding hydrogens is 536 g/mol. The number of anilines is 1. The van der Waals surface area contributed by atoms with Crippen molar-refractivity contribution in [1.29, 1.82) is 0 Å². The molecule has 0 aliphatic heterocycles. The maximum Gasteiger partial charge on any atom is 0.228 e. The SMILES string of the molecule is CCCCCCCCCCCCCCOc1cc(CC(=O)Nc2cccc(C[n+]3cscc3C)c2)ccc1C(C)(C)C. The van der Waals surface area contributed by atoms with E-state index >= 15 is 0 Å². The first kappa shape index (κ1) is 33.8. The van der Waals surface area contributed by atoms with Gasteiger partial charge in [-0.3, -0.25) is 4.79 Å². The summed E-state index contributed by atoms with van der Waals surface area (Å²) >= 11 is 1.70. The molecule has 1 heterocycles. The number of ether oxygens (including phenoxy) is 1. The van der Waals surface area contributed by atoms with Crippen LogP contribution in [0.3, 0.4) is 0 Å². The van der Waals surface area contributed by atoms with Crippen molar-refractivity contribution in [3.63, 3.8) is 0 Å². The standard InChI is InChI=1S/C37H54N2O2S/c1-6-7-8-9-10-11-12-13-14-15-16-17-23-41-35-25-31(21-22-34(35)37(3,4)5)26-36(40)38-33-20-18-19-32(24-33)27-39-29-42-28-30(39)2/h18-22,24-25,28-29H,6-17,23,26-27H2,1-5H3/p+1. The minimum atomic E-state index is -0.0219. The van der Waals surface area contributed by atoms with Crippen molar-refractivity contribution >= 4 is 22.9 Å². The number of nitrogens with one attached hydrogen (secondary N) is 1. The van der Waals surface area contributed by atoms with Crippen LogP contribution in [0.25, 0.3) is 0 Å². The van der Waals surface area contributed by atoms with Crippen LogP contribution in [-0.2, 0) is 23.2 Å². The Bertz CT molecular complexity index is 1210. The number of thiazole rings is 1. The number of aromatic nitrogens is 1. The van der Waals surface area contributed by atoms with Crippen LogP contribution in [0.5, 0.6) is 5.75 Å². The number of nitrogens with zero attached hydrogens (tertiary/aromatic N) is 1. The number of benzene rings is 2. The Kier molecular flexibility index (Phi) is 14.6. The van der Waals surface area contributed by atoms with Crippen LogP contribution in [0, 0.1) is 6.92 Å². The number of rotatable bonds is 19. The van der Waals surface area contributed by atoms with Crippen molar-refractivity contribution in [1.82, 2.24) is 0 Å². The number of unbranched alkanes of at least 4 members (excludes halogenated alkanes) is 11. The van der Waals surface area contributed by atoms with Gasteiger partial charge in [-0.2, -0.15) is 4.57 Å². The smallest absolute Gasteiger partial charge is 0.228 e. The molecule has 5 heteroatoms. The van der Waals surface area contributed by atoms with Crippen molar-refractivity contribution in [3.8, 4) is 5.75 Å². The lowest BCUT2D eigenvalue weighted by molar-refractivity contribution is -0.689. The largest absolute Gasteiger partial charge is 0.493 e. The maximum absolute atomic E-state index is 13.0. The number of aryl methyl sites for hydroxylation is 1. The lowest BCUT2D eigenvalue weighted by Gasteiger charge is -2.23. The van der Waals surface area contributed by atoms with Crippen molar-refractivity contribution in [2.75, 3.05) is 11.9 Å². The molecule has 0 saturated heterocycles. The third-order valence-electron chi connectivity index (χ3n) is 7.92. The third-order valence-corrected chi connectivity index (χ3v) is 8.77. The van der Waals surface area contributed by atoms with Gasteiger partial charge in [0.15, 0.2) is 12.2 Å². The highest BCUT2D eigenvalue weighted by Crippen LogP contribution is 2.32. The van der Waals surface area contributed by atoms with Gasteiger partial charge in [0, 0.05) is 18.2 Å². The van der Waals surface area contributed by atoms with E-state index in [2.05, 4.69) is 85.7 Å². The van der Waals surface area contributed by atoms with E-state index in [9.17, 15) is 4.79 Å². The van der Waals surface area contributed by atoms with Crippen molar-refractivity contribution in [3.05, 3.63) is 75.7 Å². The van der Waals surface area contributed by atoms with Crippen molar-refractivity contribution < 1.29 is 14.1 Å². The van der Waals surface area contributed by atoms with Gasteiger partial charge < -0.3 is 10.1 Å². The summed E-state index contributed by atoms with van der Waals surface area (Å²) < 4.78 is 8.56. The number of carbonyl (C=O) groups excluding carboxylic acids is 1. The molecule has 0 saturated carbocycles. The van der Waals surface area contributed by atoms with E-state index in [4.69, 9.17) is 4.74 Å². The van der Waals surface area contributed by atoms with Crippen LogP contribution in [-0.4, -0.2) is 12.5 Å². The molecular formula is C37H55N2O2S+. The number of hydrogen-bond acceptors (Lipinski definition) is 3. The highest BCUT2D eigenvalue weighted by Gasteiger charge is 2.20. The Hall–Kier alpha value is -2.66. The fraction of sp³-hybridized carbons (Fsp3) is 0.568. The average molecular weight is 592 g/mol. The summed E-state index contributed by atoms with van der Waals surface area (Å²) in [4.78, 5) is 13.0. The zero-order chi connectivity index (χ0) is 30.2. The van der Waals surface area contributed by atoms with E-state index in [1.807, 2.05) is 12.1 Å². The molecule has 0 radical (unpaired) electrons. The van der Waals surface area contributed by atoms with Gasteiger partial charge in [0.2, 0.25) is 11.4 Å². The van der Waals surface area contributed by atoms with Crippen molar-refractivity contribution in [2.45, 2.75) is 130 Å². The quantitative estimate of drug-likeness (QED) is 0.111. The number of carbonyl (C=O) groups is 1. The van der Waals surface area contributed by atoms with Crippen LogP contribution in [0.1, 0.15) is 127 Å². The minimum Gasteiger partial charge on any atom is -0.493 e. The Morgan fingerprint density at radius 2 is 1.52 bits per heavy atom. The Morgan fingerprint density at radius 1 is 0.857 bits per heavy atom. The first-order chi connectivity index (χ1) is 20.3. The minimum absolute atomic E-state index is 0.0121. The topological polar surface area (TPSA) is 42.2 Å². The van der Waals surface area contributed by atoms with E-state index < -0.39 is 0 Å². The van der Waals surface area contributed by atoms with Crippen LogP contribution < -0.4 is 14.6 Å². The van der Waals surface area contributed by atoms with Crippen LogP contribution in [0.15, 0.2) is 53.4 Å². The Labute approximate surface area is 259 Å². The fourth-order valence-corrected chi connectivity index (χ4v) is 6.17. The molecule has 0 fully saturated rings. The molecule has 42 heavy (non-hydrogen) atoms. The molecule has 0 aliphatic carbocycles. The van der Waals surface area contributed by atoms with Crippen molar-refractivity contribution in [2.24, 2.45) is 0 Å². The van der Waals surface area contributed by atoms with Gasteiger partial charge in [-0.1, -0.05) is 134 Å². The molecule has 1 N–H and O–H groups in total. The second kappa shape index (κ2) is 18.1. The van der Waals surface area contributed by atoms with Gasteiger partial charge in [-0.25, -0.2) is 0 Å². The summed E-state index contributed by atoms with van der Waals surface area (Å²) in [7, 11) is 0. The normalized spacial score (nSPS) is 11.5. The fourth-order valence-electron chi connectivity index (χ4n) is 5.39. The molecule has 1 amide bonds. The molecule has 4 nitrogen and oxygen atoms in total. The molecule has 0 atom stereocenters. The van der Waals surface area contributed by atoms with E-state index in [0.717, 1.165) is 36.6 Å². The molecule has 0 aliphatic rings. The van der Waals surface area contributed by atoms with Gasteiger partial charge in [-0.05, 0) is 41.2 Å². The molecule has 3 rings (SSSR count). The lowest BCUT2D eigenvalue weighted by Crippen LogP contribution is -2.34. The first-order valence-corrected chi connectivity index (χ1v) is 17.3. The number of amides is 1. The second-order valence-electron chi connectivity index (χ2n) is 12.9. The highest BCUT2D eigenvalue weighted by atomic mass is 32.1. The molecule has 1 aromatic heterocycles. The highest BCUT2D eigenvalue weighted by molar-refractivity contribution is 7.07. The van der Waals surface area contributed by atoms with Gasteiger partial charge in [0.25, 0.3) is 0 Å². The molecule has 230 valence electrons. The molecule has 0 unspecified atom stereocenters. The van der Waals surface area contributed by atoms with E-state index in [1.165, 1.54) is 87.4 Å². The molecule has 2 aromatic carbocycles. The second-order valence-corrected chi connectivity index (χ2v) is 13.6. The number of hydrogen-bond donors (Lipinski definition) is 1.